The number of aryl methyl sites for hydroxylation is 1. The molecule has 0 spiro atoms. The molecule has 0 fully saturated rings. The van der Waals surface area contributed by atoms with Crippen LogP contribution in [0.25, 0.3) is 11.3 Å². The summed E-state index contributed by atoms with van der Waals surface area (Å²) in [6.45, 7) is -0.342. The molecule has 10 heteroatoms. The quantitative estimate of drug-likeness (QED) is 0.469. The van der Waals surface area contributed by atoms with E-state index in [1.165, 1.54) is 12.1 Å². The van der Waals surface area contributed by atoms with Crippen LogP contribution in [0, 0.1) is 6.92 Å². The lowest BCUT2D eigenvalue weighted by molar-refractivity contribution is -0.0498. The zero-order valence-electron chi connectivity index (χ0n) is 16.4. The Hall–Kier alpha value is -4.08. The number of hydrogen-bond donors (Lipinski definition) is 2. The topological polar surface area (TPSA) is 97.7 Å². The number of nitrogens with one attached hydrogen (secondary N) is 2. The molecule has 0 aliphatic carbocycles. The third-order valence-corrected chi connectivity index (χ3v) is 4.39. The van der Waals surface area contributed by atoms with Crippen LogP contribution in [-0.4, -0.2) is 37.5 Å². The van der Waals surface area contributed by atoms with Crippen LogP contribution in [0.4, 0.5) is 14.7 Å². The van der Waals surface area contributed by atoms with Gasteiger partial charge in [0, 0.05) is 5.56 Å². The highest BCUT2D eigenvalue weighted by atomic mass is 19.3. The summed E-state index contributed by atoms with van der Waals surface area (Å²) in [5.41, 5.74) is 3.55. The van der Waals surface area contributed by atoms with E-state index in [2.05, 4.69) is 36.4 Å². The van der Waals surface area contributed by atoms with Crippen molar-refractivity contribution in [3.8, 4) is 17.0 Å². The second-order valence-electron chi connectivity index (χ2n) is 6.78. The first-order valence-electron chi connectivity index (χ1n) is 9.33. The van der Waals surface area contributed by atoms with E-state index in [-0.39, 0.29) is 17.4 Å². The molecule has 31 heavy (non-hydrogen) atoms. The molecular weight excluding hydrogens is 406 g/mol. The Kier molecular flexibility index (Phi) is 5.69. The summed E-state index contributed by atoms with van der Waals surface area (Å²) in [6.07, 6.45) is 1.54. The number of benzene rings is 2. The molecule has 0 saturated heterocycles. The summed E-state index contributed by atoms with van der Waals surface area (Å²) in [4.78, 5) is 16.6. The molecule has 4 aromatic rings. The van der Waals surface area contributed by atoms with Gasteiger partial charge in [-0.05, 0) is 42.8 Å². The molecule has 0 bridgehead atoms. The van der Waals surface area contributed by atoms with E-state index < -0.39 is 12.5 Å². The monoisotopic (exact) mass is 424 g/mol. The minimum absolute atomic E-state index is 0.0413. The number of ether oxygens (including phenoxy) is 1. The Balaban J connectivity index is 1.40. The van der Waals surface area contributed by atoms with E-state index in [4.69, 9.17) is 0 Å². The largest absolute Gasteiger partial charge is 0.435 e. The van der Waals surface area contributed by atoms with Crippen molar-refractivity contribution in [1.29, 1.82) is 0 Å². The Morgan fingerprint density at radius 2 is 2.00 bits per heavy atom. The van der Waals surface area contributed by atoms with Crippen molar-refractivity contribution in [2.75, 3.05) is 5.32 Å². The molecule has 0 unspecified atom stereocenters. The molecule has 0 aliphatic heterocycles. The summed E-state index contributed by atoms with van der Waals surface area (Å²) in [5.74, 6) is -0.244. The highest BCUT2D eigenvalue weighted by Gasteiger charge is 2.14. The third-order valence-electron chi connectivity index (χ3n) is 4.39. The van der Waals surface area contributed by atoms with Gasteiger partial charge in [-0.25, -0.2) is 9.67 Å². The summed E-state index contributed by atoms with van der Waals surface area (Å²) < 4.78 is 30.4. The van der Waals surface area contributed by atoms with Crippen LogP contribution in [-0.2, 0) is 6.54 Å². The third kappa shape index (κ3) is 5.10. The standard InChI is InChI=1S/C21H18F2N6O2/c1-13-3-2-4-14(9-13)11-29-12-24-21(28-29)25-19(30)18-10-17(26-27-18)15-5-7-16(8-6-15)31-20(22)23/h2-10,12,20H,11H2,1H3,(H,26,27)(H,25,28,30). The van der Waals surface area contributed by atoms with Crippen molar-refractivity contribution in [3.63, 3.8) is 0 Å². The second-order valence-corrected chi connectivity index (χ2v) is 6.78. The summed E-state index contributed by atoms with van der Waals surface area (Å²) in [6, 6.07) is 15.5. The van der Waals surface area contributed by atoms with Gasteiger partial charge in [-0.1, -0.05) is 29.8 Å². The lowest BCUT2D eigenvalue weighted by Gasteiger charge is -2.04. The van der Waals surface area contributed by atoms with Crippen molar-refractivity contribution < 1.29 is 18.3 Å². The lowest BCUT2D eigenvalue weighted by atomic mass is 10.1. The highest BCUT2D eigenvalue weighted by Crippen LogP contribution is 2.22. The van der Waals surface area contributed by atoms with Crippen LogP contribution in [0.1, 0.15) is 21.6 Å². The SMILES string of the molecule is Cc1cccc(Cn2cnc(NC(=O)c3cc(-c4ccc(OC(F)F)cc4)n[nH]3)n2)c1. The predicted octanol–water partition coefficient (Wildman–Crippen LogP) is 3.88. The van der Waals surface area contributed by atoms with Crippen LogP contribution in [0.5, 0.6) is 5.75 Å². The number of alkyl halides is 2. The molecule has 0 aliphatic rings. The number of hydrogen-bond acceptors (Lipinski definition) is 5. The van der Waals surface area contributed by atoms with E-state index in [0.29, 0.717) is 17.8 Å². The van der Waals surface area contributed by atoms with Gasteiger partial charge in [0.1, 0.15) is 17.8 Å². The van der Waals surface area contributed by atoms with Gasteiger partial charge in [0.2, 0.25) is 5.95 Å². The maximum absolute atomic E-state index is 12.5. The molecule has 0 atom stereocenters. The molecule has 2 heterocycles. The Morgan fingerprint density at radius 3 is 2.74 bits per heavy atom. The number of carbonyl (C=O) groups is 1. The Bertz CT molecular complexity index is 1190. The number of aromatic nitrogens is 5. The maximum Gasteiger partial charge on any atom is 0.387 e. The first kappa shape index (κ1) is 20.2. The van der Waals surface area contributed by atoms with Gasteiger partial charge < -0.3 is 4.74 Å². The van der Waals surface area contributed by atoms with Crippen molar-refractivity contribution in [1.82, 2.24) is 25.0 Å². The number of aromatic amines is 1. The number of halogens is 2. The zero-order valence-corrected chi connectivity index (χ0v) is 16.4. The average Bonchev–Trinajstić information content (AvgIpc) is 3.38. The van der Waals surface area contributed by atoms with Gasteiger partial charge >= 0.3 is 6.61 Å². The van der Waals surface area contributed by atoms with Gasteiger partial charge in [0.25, 0.3) is 5.91 Å². The Labute approximate surface area is 175 Å². The number of H-pyrrole nitrogens is 1. The van der Waals surface area contributed by atoms with Gasteiger partial charge in [-0.15, -0.1) is 5.10 Å². The van der Waals surface area contributed by atoms with E-state index in [9.17, 15) is 13.6 Å². The number of nitrogens with zero attached hydrogens (tertiary/aromatic N) is 4. The van der Waals surface area contributed by atoms with E-state index >= 15 is 0 Å². The van der Waals surface area contributed by atoms with Crippen molar-refractivity contribution in [2.24, 2.45) is 0 Å². The fourth-order valence-corrected chi connectivity index (χ4v) is 2.99. The normalized spacial score (nSPS) is 11.0. The molecule has 8 nitrogen and oxygen atoms in total. The lowest BCUT2D eigenvalue weighted by Crippen LogP contribution is -2.14. The Morgan fingerprint density at radius 1 is 1.19 bits per heavy atom. The molecule has 2 aromatic heterocycles. The molecule has 4 rings (SSSR count). The minimum atomic E-state index is -2.89. The summed E-state index contributed by atoms with van der Waals surface area (Å²) in [5, 5.41) is 13.6. The minimum Gasteiger partial charge on any atom is -0.435 e. The number of anilines is 1. The van der Waals surface area contributed by atoms with Crippen LogP contribution in [0.2, 0.25) is 0 Å². The zero-order chi connectivity index (χ0) is 21.8. The maximum atomic E-state index is 12.5. The van der Waals surface area contributed by atoms with Gasteiger partial charge in [0.15, 0.2) is 0 Å². The highest BCUT2D eigenvalue weighted by molar-refractivity contribution is 6.02. The smallest absolute Gasteiger partial charge is 0.387 e. The summed E-state index contributed by atoms with van der Waals surface area (Å²) in [7, 11) is 0. The molecule has 1 amide bonds. The van der Waals surface area contributed by atoms with Crippen molar-refractivity contribution in [2.45, 2.75) is 20.1 Å². The number of rotatable bonds is 7. The van der Waals surface area contributed by atoms with Gasteiger partial charge in [-0.3, -0.25) is 15.2 Å². The van der Waals surface area contributed by atoms with Crippen molar-refractivity contribution in [3.05, 3.63) is 77.7 Å². The van der Waals surface area contributed by atoms with Crippen LogP contribution < -0.4 is 10.1 Å². The van der Waals surface area contributed by atoms with Crippen LogP contribution >= 0.6 is 0 Å². The first-order chi connectivity index (χ1) is 15.0. The average molecular weight is 424 g/mol. The fraction of sp³-hybridized carbons (Fsp3) is 0.143. The molecule has 0 saturated carbocycles. The number of carbonyl (C=O) groups excluding carboxylic acids is 1. The second kappa shape index (κ2) is 8.74. The molecule has 0 radical (unpaired) electrons. The van der Waals surface area contributed by atoms with E-state index in [1.807, 2.05) is 25.1 Å². The predicted molar refractivity (Wildman–Crippen MR) is 109 cm³/mol. The first-order valence-corrected chi connectivity index (χ1v) is 9.33. The van der Waals surface area contributed by atoms with Gasteiger partial charge in [0.05, 0.1) is 12.2 Å². The van der Waals surface area contributed by atoms with Crippen LogP contribution in [0.15, 0.2) is 60.9 Å². The number of amides is 1. The fourth-order valence-electron chi connectivity index (χ4n) is 2.99. The van der Waals surface area contributed by atoms with Crippen LogP contribution in [0.3, 0.4) is 0 Å². The molecule has 2 aromatic carbocycles. The molecule has 2 N–H and O–H groups in total. The van der Waals surface area contributed by atoms with Crippen molar-refractivity contribution >= 4 is 11.9 Å². The van der Waals surface area contributed by atoms with Gasteiger partial charge in [-0.2, -0.15) is 13.9 Å². The molecular formula is C21H18F2N6O2. The van der Waals surface area contributed by atoms with E-state index in [0.717, 1.165) is 11.1 Å². The molecule has 158 valence electrons. The van der Waals surface area contributed by atoms with E-state index in [1.54, 1.807) is 29.2 Å². The summed E-state index contributed by atoms with van der Waals surface area (Å²) >= 11 is 0.